The maximum Gasteiger partial charge on any atom is 0.190 e. The number of amidine groups is 1. The minimum absolute atomic E-state index is 0.0603. The van der Waals surface area contributed by atoms with Gasteiger partial charge in [-0.25, -0.2) is 4.99 Å². The van der Waals surface area contributed by atoms with Gasteiger partial charge in [-0.3, -0.25) is 5.41 Å². The summed E-state index contributed by atoms with van der Waals surface area (Å²) in [5.41, 5.74) is 7.79. The van der Waals surface area contributed by atoms with Gasteiger partial charge in [-0.05, 0) is 18.6 Å². The van der Waals surface area contributed by atoms with Crippen LogP contribution in [0.5, 0.6) is 5.75 Å². The van der Waals surface area contributed by atoms with Gasteiger partial charge < -0.3 is 10.8 Å². The monoisotopic (exact) mass is 217 g/mol. The zero-order valence-electron chi connectivity index (χ0n) is 8.73. The SMILES string of the molecule is Cc1cc(N=C2CN=NC2=N)c(N)cc1O. The van der Waals surface area contributed by atoms with Crippen molar-refractivity contribution < 1.29 is 5.11 Å². The van der Waals surface area contributed by atoms with Gasteiger partial charge in [-0.15, -0.1) is 5.11 Å². The summed E-state index contributed by atoms with van der Waals surface area (Å²) in [6, 6.07) is 3.12. The van der Waals surface area contributed by atoms with E-state index in [-0.39, 0.29) is 11.6 Å². The van der Waals surface area contributed by atoms with Crippen molar-refractivity contribution in [2.75, 3.05) is 12.3 Å². The van der Waals surface area contributed by atoms with Crippen LogP contribution in [0.3, 0.4) is 0 Å². The van der Waals surface area contributed by atoms with Crippen LogP contribution in [0.15, 0.2) is 27.4 Å². The fourth-order valence-electron chi connectivity index (χ4n) is 1.33. The van der Waals surface area contributed by atoms with Gasteiger partial charge >= 0.3 is 0 Å². The molecule has 6 nitrogen and oxygen atoms in total. The first-order chi connectivity index (χ1) is 7.58. The number of aromatic hydroxyl groups is 1. The standard InChI is InChI=1S/C10H11N5O/c1-5-2-7(6(11)3-9(5)16)14-8-4-13-15-10(8)12/h2-3,12,16H,4,11H2,1H3. The Hall–Kier alpha value is -2.24. The zero-order valence-corrected chi connectivity index (χ0v) is 8.73. The molecule has 1 aromatic carbocycles. The fraction of sp³-hybridized carbons (Fsp3) is 0.200. The van der Waals surface area contributed by atoms with Gasteiger partial charge in [0.25, 0.3) is 0 Å². The molecule has 1 aliphatic heterocycles. The minimum Gasteiger partial charge on any atom is -0.508 e. The normalized spacial score (nSPS) is 17.3. The van der Waals surface area contributed by atoms with Crippen molar-refractivity contribution in [1.29, 1.82) is 5.41 Å². The largest absolute Gasteiger partial charge is 0.508 e. The average Bonchev–Trinajstić information content (AvgIpc) is 2.61. The molecule has 1 heterocycles. The lowest BCUT2D eigenvalue weighted by atomic mass is 10.1. The number of nitrogens with zero attached hydrogens (tertiary/aromatic N) is 3. The third-order valence-electron chi connectivity index (χ3n) is 2.27. The van der Waals surface area contributed by atoms with Gasteiger partial charge in [-0.1, -0.05) is 0 Å². The molecule has 0 unspecified atom stereocenters. The van der Waals surface area contributed by atoms with Crippen molar-refractivity contribution >= 4 is 22.9 Å². The number of azo groups is 1. The van der Waals surface area contributed by atoms with E-state index in [4.69, 9.17) is 11.1 Å². The van der Waals surface area contributed by atoms with Crippen LogP contribution in [0.25, 0.3) is 0 Å². The van der Waals surface area contributed by atoms with Crippen molar-refractivity contribution in [2.45, 2.75) is 6.92 Å². The molecule has 0 radical (unpaired) electrons. The number of anilines is 1. The highest BCUT2D eigenvalue weighted by molar-refractivity contribution is 6.43. The van der Waals surface area contributed by atoms with Crippen LogP contribution in [0.4, 0.5) is 11.4 Å². The molecule has 16 heavy (non-hydrogen) atoms. The van der Waals surface area contributed by atoms with Crippen LogP contribution < -0.4 is 5.73 Å². The highest BCUT2D eigenvalue weighted by Gasteiger charge is 2.13. The maximum absolute atomic E-state index is 9.43. The number of nitrogen functional groups attached to an aromatic ring is 1. The number of hydrogen-bond acceptors (Lipinski definition) is 5. The van der Waals surface area contributed by atoms with Gasteiger partial charge in [0.15, 0.2) is 5.84 Å². The number of phenolic OH excluding ortho intramolecular Hbond substituents is 1. The first-order valence-electron chi connectivity index (χ1n) is 4.71. The van der Waals surface area contributed by atoms with Gasteiger partial charge in [0, 0.05) is 6.07 Å². The predicted molar refractivity (Wildman–Crippen MR) is 61.8 cm³/mol. The minimum atomic E-state index is 0.0603. The fourth-order valence-corrected chi connectivity index (χ4v) is 1.33. The number of nitrogens with one attached hydrogen (secondary N) is 1. The van der Waals surface area contributed by atoms with Crippen molar-refractivity contribution in [3.63, 3.8) is 0 Å². The third-order valence-corrected chi connectivity index (χ3v) is 2.27. The lowest BCUT2D eigenvalue weighted by Crippen LogP contribution is -2.07. The van der Waals surface area contributed by atoms with E-state index >= 15 is 0 Å². The maximum atomic E-state index is 9.43. The summed E-state index contributed by atoms with van der Waals surface area (Å²) in [5.74, 6) is 0.197. The summed E-state index contributed by atoms with van der Waals surface area (Å²) in [5, 5.41) is 24.1. The number of nitrogens with two attached hydrogens (primary N) is 1. The second-order valence-electron chi connectivity index (χ2n) is 3.50. The number of hydrogen-bond donors (Lipinski definition) is 3. The van der Waals surface area contributed by atoms with E-state index in [2.05, 4.69) is 15.2 Å². The van der Waals surface area contributed by atoms with Crippen LogP contribution in [0.1, 0.15) is 5.56 Å². The molecule has 0 saturated carbocycles. The highest BCUT2D eigenvalue weighted by atomic mass is 16.3. The second kappa shape index (κ2) is 3.73. The van der Waals surface area contributed by atoms with E-state index in [1.165, 1.54) is 6.07 Å². The van der Waals surface area contributed by atoms with E-state index in [0.717, 1.165) is 0 Å². The highest BCUT2D eigenvalue weighted by Crippen LogP contribution is 2.30. The number of phenols is 1. The number of rotatable bonds is 1. The lowest BCUT2D eigenvalue weighted by Gasteiger charge is -2.05. The Morgan fingerprint density at radius 1 is 1.50 bits per heavy atom. The van der Waals surface area contributed by atoms with Gasteiger partial charge in [0.05, 0.1) is 11.4 Å². The van der Waals surface area contributed by atoms with Crippen LogP contribution in [-0.4, -0.2) is 23.2 Å². The molecule has 1 aromatic rings. The first-order valence-corrected chi connectivity index (χ1v) is 4.71. The molecular weight excluding hydrogens is 206 g/mol. The molecule has 0 atom stereocenters. The topological polar surface area (TPSA) is 107 Å². The Morgan fingerprint density at radius 3 is 2.88 bits per heavy atom. The molecule has 0 aliphatic carbocycles. The van der Waals surface area contributed by atoms with Crippen molar-refractivity contribution in [1.82, 2.24) is 0 Å². The molecule has 0 amide bonds. The molecule has 0 saturated heterocycles. The average molecular weight is 217 g/mol. The summed E-state index contributed by atoms with van der Waals surface area (Å²) in [7, 11) is 0. The molecule has 4 N–H and O–H groups in total. The van der Waals surface area contributed by atoms with Gasteiger partial charge in [0.1, 0.15) is 18.0 Å². The number of aryl methyl sites for hydroxylation is 1. The number of benzene rings is 1. The molecule has 0 bridgehead atoms. The third kappa shape index (κ3) is 1.77. The quantitative estimate of drug-likeness (QED) is 0.623. The Labute approximate surface area is 92.0 Å². The summed E-state index contributed by atoms with van der Waals surface area (Å²) in [6.07, 6.45) is 0. The summed E-state index contributed by atoms with van der Waals surface area (Å²) >= 11 is 0. The Kier molecular flexibility index (Phi) is 2.40. The first kappa shape index (κ1) is 10.3. The molecule has 6 heteroatoms. The molecule has 1 aliphatic rings. The Morgan fingerprint density at radius 2 is 2.25 bits per heavy atom. The van der Waals surface area contributed by atoms with E-state index in [1.54, 1.807) is 13.0 Å². The van der Waals surface area contributed by atoms with Crippen molar-refractivity contribution in [3.8, 4) is 5.75 Å². The molecular formula is C10H11N5O. The van der Waals surface area contributed by atoms with Crippen molar-refractivity contribution in [3.05, 3.63) is 17.7 Å². The molecule has 0 fully saturated rings. The van der Waals surface area contributed by atoms with Crippen LogP contribution in [0, 0.1) is 12.3 Å². The zero-order chi connectivity index (χ0) is 11.7. The van der Waals surface area contributed by atoms with Crippen LogP contribution in [-0.2, 0) is 0 Å². The van der Waals surface area contributed by atoms with E-state index in [9.17, 15) is 5.11 Å². The van der Waals surface area contributed by atoms with Gasteiger partial charge in [0.2, 0.25) is 0 Å². The molecule has 2 rings (SSSR count). The molecule has 0 spiro atoms. The van der Waals surface area contributed by atoms with Gasteiger partial charge in [-0.2, -0.15) is 5.11 Å². The second-order valence-corrected chi connectivity index (χ2v) is 3.50. The van der Waals surface area contributed by atoms with Crippen molar-refractivity contribution in [2.24, 2.45) is 15.2 Å². The van der Waals surface area contributed by atoms with E-state index < -0.39 is 0 Å². The van der Waals surface area contributed by atoms with Crippen LogP contribution >= 0.6 is 0 Å². The van der Waals surface area contributed by atoms with Crippen LogP contribution in [0.2, 0.25) is 0 Å². The van der Waals surface area contributed by atoms with E-state index in [1.807, 2.05) is 0 Å². The molecule has 0 aromatic heterocycles. The smallest absolute Gasteiger partial charge is 0.190 e. The number of aliphatic imine (C=N–C) groups is 1. The molecule has 82 valence electrons. The van der Waals surface area contributed by atoms with E-state index in [0.29, 0.717) is 29.2 Å². The Bertz CT molecular complexity index is 518. The lowest BCUT2D eigenvalue weighted by molar-refractivity contribution is 0.471. The Balaban J connectivity index is 2.42. The summed E-state index contributed by atoms with van der Waals surface area (Å²) in [4.78, 5) is 4.21. The predicted octanol–water partition coefficient (Wildman–Crippen LogP) is 1.80. The summed E-state index contributed by atoms with van der Waals surface area (Å²) in [6.45, 7) is 2.06. The summed E-state index contributed by atoms with van der Waals surface area (Å²) < 4.78 is 0.